The average Bonchev–Trinajstić information content (AvgIpc) is 2.35. The summed E-state index contributed by atoms with van der Waals surface area (Å²) in [6.45, 7) is 0. The Morgan fingerprint density at radius 3 is 2.22 bits per heavy atom. The van der Waals surface area contributed by atoms with Gasteiger partial charge < -0.3 is 0 Å². The van der Waals surface area contributed by atoms with Crippen molar-refractivity contribution in [1.82, 2.24) is 0 Å². The monoisotopic (exact) mass is 285 g/mol. The molecule has 0 aliphatic heterocycles. The third kappa shape index (κ3) is 2.30. The van der Waals surface area contributed by atoms with E-state index in [0.717, 1.165) is 0 Å². The van der Waals surface area contributed by atoms with Gasteiger partial charge in [-0.1, -0.05) is 35.3 Å². The number of halogens is 3. The molecule has 2 aromatic carbocycles. The molecule has 0 aromatic heterocycles. The number of nitrogens with zero attached hydrogens (tertiary/aromatic N) is 1. The van der Waals surface area contributed by atoms with Crippen molar-refractivity contribution in [3.63, 3.8) is 0 Å². The smallest absolute Gasteiger partial charge is 0.258 e. The van der Waals surface area contributed by atoms with Crippen LogP contribution < -0.4 is 0 Å². The van der Waals surface area contributed by atoms with E-state index >= 15 is 0 Å². The molecule has 18 heavy (non-hydrogen) atoms. The van der Waals surface area contributed by atoms with Crippen LogP contribution in [0.25, 0.3) is 11.1 Å². The van der Waals surface area contributed by atoms with Crippen molar-refractivity contribution in [3.8, 4) is 11.1 Å². The fourth-order valence-corrected chi connectivity index (χ4v) is 2.08. The predicted molar refractivity (Wildman–Crippen MR) is 68.5 cm³/mol. The van der Waals surface area contributed by atoms with Gasteiger partial charge in [-0.05, 0) is 23.8 Å². The lowest BCUT2D eigenvalue weighted by Gasteiger charge is -2.05. The van der Waals surface area contributed by atoms with E-state index in [1.165, 1.54) is 18.2 Å². The van der Waals surface area contributed by atoms with Crippen LogP contribution in [0.5, 0.6) is 0 Å². The summed E-state index contributed by atoms with van der Waals surface area (Å²) in [4.78, 5) is 10.4. The minimum absolute atomic E-state index is 0.0868. The van der Waals surface area contributed by atoms with Gasteiger partial charge in [-0.2, -0.15) is 0 Å². The van der Waals surface area contributed by atoms with Gasteiger partial charge in [-0.15, -0.1) is 0 Å². The van der Waals surface area contributed by atoms with Crippen LogP contribution in [0.4, 0.5) is 10.1 Å². The van der Waals surface area contributed by atoms with Crippen molar-refractivity contribution in [3.05, 3.63) is 62.4 Å². The molecule has 0 unspecified atom stereocenters. The summed E-state index contributed by atoms with van der Waals surface area (Å²) in [6, 6.07) is 8.73. The molecule has 2 aromatic rings. The van der Waals surface area contributed by atoms with Crippen LogP contribution in [0.3, 0.4) is 0 Å². The van der Waals surface area contributed by atoms with E-state index in [2.05, 4.69) is 0 Å². The highest BCUT2D eigenvalue weighted by Gasteiger charge is 2.16. The molecule has 0 bridgehead atoms. The zero-order valence-corrected chi connectivity index (χ0v) is 10.4. The maximum Gasteiger partial charge on any atom is 0.277 e. The summed E-state index contributed by atoms with van der Waals surface area (Å²) in [5, 5.41) is 10.6. The molecule has 0 saturated carbocycles. The molecule has 0 saturated heterocycles. The van der Waals surface area contributed by atoms with E-state index in [9.17, 15) is 14.5 Å². The minimum atomic E-state index is -0.735. The van der Waals surface area contributed by atoms with E-state index in [4.69, 9.17) is 23.2 Å². The van der Waals surface area contributed by atoms with Crippen molar-refractivity contribution in [2.24, 2.45) is 0 Å². The number of benzene rings is 2. The number of hydrogen-bond acceptors (Lipinski definition) is 2. The normalized spacial score (nSPS) is 10.4. The molecule has 2 rings (SSSR count). The molecule has 3 nitrogen and oxygen atoms in total. The first kappa shape index (κ1) is 12.8. The predicted octanol–water partition coefficient (Wildman–Crippen LogP) is 4.71. The third-order valence-electron chi connectivity index (χ3n) is 2.40. The van der Waals surface area contributed by atoms with Crippen LogP contribution in [0.1, 0.15) is 0 Å². The minimum Gasteiger partial charge on any atom is -0.258 e. The standard InChI is InChI=1S/C12H6Cl2FNO2/c13-9-5-7(6-10(14)12(9)15)8-3-1-2-4-11(8)16(17)18/h1-6H. The maximum atomic E-state index is 13.3. The molecule has 0 fully saturated rings. The first-order valence-electron chi connectivity index (χ1n) is 4.89. The third-order valence-corrected chi connectivity index (χ3v) is 2.95. The van der Waals surface area contributed by atoms with Crippen molar-refractivity contribution >= 4 is 28.9 Å². The number of hydrogen-bond donors (Lipinski definition) is 0. The second-order valence-corrected chi connectivity index (χ2v) is 4.34. The molecule has 0 atom stereocenters. The lowest BCUT2D eigenvalue weighted by atomic mass is 10.0. The fourth-order valence-electron chi connectivity index (χ4n) is 1.59. The maximum absolute atomic E-state index is 13.3. The van der Waals surface area contributed by atoms with Crippen LogP contribution in [-0.2, 0) is 0 Å². The molecule has 0 aliphatic rings. The Morgan fingerprint density at radius 1 is 1.11 bits per heavy atom. The lowest BCUT2D eigenvalue weighted by Crippen LogP contribution is -1.92. The highest BCUT2D eigenvalue weighted by molar-refractivity contribution is 6.35. The van der Waals surface area contributed by atoms with Gasteiger partial charge in [0.25, 0.3) is 5.69 Å². The Morgan fingerprint density at radius 2 is 1.67 bits per heavy atom. The van der Waals surface area contributed by atoms with Crippen LogP contribution in [0.2, 0.25) is 10.0 Å². The van der Waals surface area contributed by atoms with Crippen molar-refractivity contribution in [2.45, 2.75) is 0 Å². The van der Waals surface area contributed by atoms with Crippen molar-refractivity contribution in [2.75, 3.05) is 0 Å². The van der Waals surface area contributed by atoms with Gasteiger partial charge in [0.15, 0.2) is 5.82 Å². The number of para-hydroxylation sites is 1. The summed E-state index contributed by atoms with van der Waals surface area (Å²) in [7, 11) is 0. The Hall–Kier alpha value is -1.65. The van der Waals surface area contributed by atoms with Gasteiger partial charge in [0.2, 0.25) is 0 Å². The first-order chi connectivity index (χ1) is 8.50. The molecule has 0 amide bonds. The highest BCUT2D eigenvalue weighted by Crippen LogP contribution is 2.34. The van der Waals surface area contributed by atoms with E-state index in [1.54, 1.807) is 18.2 Å². The second-order valence-electron chi connectivity index (χ2n) is 3.53. The zero-order valence-electron chi connectivity index (χ0n) is 8.86. The van der Waals surface area contributed by atoms with E-state index in [1.807, 2.05) is 0 Å². The summed E-state index contributed by atoms with van der Waals surface area (Å²) < 4.78 is 13.3. The highest BCUT2D eigenvalue weighted by atomic mass is 35.5. The number of nitro benzene ring substituents is 1. The molecule has 92 valence electrons. The first-order valence-corrected chi connectivity index (χ1v) is 5.64. The van der Waals surface area contributed by atoms with Crippen LogP contribution >= 0.6 is 23.2 Å². The summed E-state index contributed by atoms with van der Waals surface area (Å²) in [6.07, 6.45) is 0. The van der Waals surface area contributed by atoms with E-state index in [0.29, 0.717) is 11.1 Å². The van der Waals surface area contributed by atoms with Crippen LogP contribution in [0.15, 0.2) is 36.4 Å². The van der Waals surface area contributed by atoms with E-state index in [-0.39, 0.29) is 15.7 Å². The van der Waals surface area contributed by atoms with Gasteiger partial charge in [-0.25, -0.2) is 4.39 Å². The Bertz CT molecular complexity index is 608. The summed E-state index contributed by atoms with van der Waals surface area (Å²) in [5.74, 6) is -0.735. The fraction of sp³-hybridized carbons (Fsp3) is 0. The summed E-state index contributed by atoms with van der Waals surface area (Å²) in [5.41, 5.74) is 0.654. The summed E-state index contributed by atoms with van der Waals surface area (Å²) >= 11 is 11.3. The topological polar surface area (TPSA) is 43.1 Å². The number of nitro groups is 1. The molecule has 6 heteroatoms. The van der Waals surface area contributed by atoms with Gasteiger partial charge in [0.05, 0.1) is 20.5 Å². The van der Waals surface area contributed by atoms with Crippen LogP contribution in [-0.4, -0.2) is 4.92 Å². The van der Waals surface area contributed by atoms with Gasteiger partial charge in [-0.3, -0.25) is 10.1 Å². The zero-order chi connectivity index (χ0) is 13.3. The second kappa shape index (κ2) is 4.92. The molecular weight excluding hydrogens is 280 g/mol. The molecule has 0 radical (unpaired) electrons. The van der Waals surface area contributed by atoms with Crippen molar-refractivity contribution < 1.29 is 9.31 Å². The molecular formula is C12H6Cl2FNO2. The Balaban J connectivity index is 2.66. The number of rotatable bonds is 2. The Labute approximate surface area is 112 Å². The van der Waals surface area contributed by atoms with E-state index < -0.39 is 10.7 Å². The molecule has 0 spiro atoms. The van der Waals surface area contributed by atoms with Crippen molar-refractivity contribution in [1.29, 1.82) is 0 Å². The quantitative estimate of drug-likeness (QED) is 0.456. The lowest BCUT2D eigenvalue weighted by molar-refractivity contribution is -0.384. The van der Waals surface area contributed by atoms with Crippen LogP contribution in [0, 0.1) is 15.9 Å². The van der Waals surface area contributed by atoms with Gasteiger partial charge in [0.1, 0.15) is 0 Å². The average molecular weight is 286 g/mol. The van der Waals surface area contributed by atoms with Gasteiger partial charge >= 0.3 is 0 Å². The molecule has 0 aliphatic carbocycles. The Kier molecular flexibility index (Phi) is 3.50. The SMILES string of the molecule is O=[N+]([O-])c1ccccc1-c1cc(Cl)c(F)c(Cl)c1. The molecule has 0 heterocycles. The molecule has 0 N–H and O–H groups in total. The van der Waals surface area contributed by atoms with Gasteiger partial charge in [0, 0.05) is 6.07 Å². The largest absolute Gasteiger partial charge is 0.277 e.